The fourth-order valence-corrected chi connectivity index (χ4v) is 6.60. The number of carbonyl (C=O) groups excluding carboxylic acids is 2. The highest BCUT2D eigenvalue weighted by molar-refractivity contribution is 7.92. The predicted molar refractivity (Wildman–Crippen MR) is 180 cm³/mol. The van der Waals surface area contributed by atoms with Crippen LogP contribution < -0.4 is 19.1 Å². The number of hydrogen-bond donors (Lipinski definition) is 1. The Morgan fingerprint density at radius 1 is 0.826 bits per heavy atom. The summed E-state index contributed by atoms with van der Waals surface area (Å²) < 4.78 is 40.2. The van der Waals surface area contributed by atoms with Crippen molar-refractivity contribution in [3.05, 3.63) is 119 Å². The summed E-state index contributed by atoms with van der Waals surface area (Å²) in [6.45, 7) is 3.02. The van der Waals surface area contributed by atoms with E-state index in [2.05, 4.69) is 5.32 Å². The molecule has 46 heavy (non-hydrogen) atoms. The molecule has 1 N–H and O–H groups in total. The van der Waals surface area contributed by atoms with Crippen LogP contribution in [0.15, 0.2) is 108 Å². The molecule has 0 radical (unpaired) electrons. The molecule has 0 spiro atoms. The van der Waals surface area contributed by atoms with Crippen molar-refractivity contribution in [3.63, 3.8) is 0 Å². The lowest BCUT2D eigenvalue weighted by molar-refractivity contribution is -0.140. The molecule has 0 aliphatic heterocycles. The number of halogens is 1. The van der Waals surface area contributed by atoms with Gasteiger partial charge in [-0.3, -0.25) is 13.9 Å². The van der Waals surface area contributed by atoms with Crippen LogP contribution in [0.2, 0.25) is 5.02 Å². The first-order valence-corrected chi connectivity index (χ1v) is 16.5. The van der Waals surface area contributed by atoms with Crippen molar-refractivity contribution in [2.24, 2.45) is 0 Å². The Morgan fingerprint density at radius 3 is 2.04 bits per heavy atom. The minimum absolute atomic E-state index is 0.00590. The van der Waals surface area contributed by atoms with Gasteiger partial charge in [0.2, 0.25) is 11.8 Å². The van der Waals surface area contributed by atoms with Crippen molar-refractivity contribution in [3.8, 4) is 11.5 Å². The molecule has 4 aromatic carbocycles. The maximum absolute atomic E-state index is 14.6. The van der Waals surface area contributed by atoms with E-state index in [0.29, 0.717) is 16.3 Å². The first kappa shape index (κ1) is 34.3. The average Bonchev–Trinajstić information content (AvgIpc) is 3.06. The van der Waals surface area contributed by atoms with Gasteiger partial charge in [0.1, 0.15) is 12.6 Å². The first-order valence-electron chi connectivity index (χ1n) is 14.7. The molecular formula is C35H38ClN3O6S. The number of methoxy groups -OCH3 is 2. The molecule has 0 fully saturated rings. The lowest BCUT2D eigenvalue weighted by Crippen LogP contribution is -2.54. The number of hydrogen-bond acceptors (Lipinski definition) is 6. The van der Waals surface area contributed by atoms with Crippen molar-refractivity contribution in [2.45, 2.75) is 43.8 Å². The van der Waals surface area contributed by atoms with Crippen LogP contribution in [0.25, 0.3) is 0 Å². The Morgan fingerprint density at radius 2 is 1.43 bits per heavy atom. The van der Waals surface area contributed by atoms with Gasteiger partial charge in [0.05, 0.1) is 24.8 Å². The summed E-state index contributed by atoms with van der Waals surface area (Å²) in [7, 11) is -1.36. The molecule has 0 aliphatic rings. The predicted octanol–water partition coefficient (Wildman–Crippen LogP) is 5.72. The van der Waals surface area contributed by atoms with E-state index in [-0.39, 0.29) is 41.2 Å². The van der Waals surface area contributed by atoms with E-state index >= 15 is 0 Å². The highest BCUT2D eigenvalue weighted by atomic mass is 35.5. The number of rotatable bonds is 14. The van der Waals surface area contributed by atoms with Crippen molar-refractivity contribution in [1.29, 1.82) is 0 Å². The number of ether oxygens (including phenoxy) is 2. The van der Waals surface area contributed by atoms with Gasteiger partial charge in [0, 0.05) is 30.1 Å². The Balaban J connectivity index is 1.84. The molecule has 0 saturated heterocycles. The monoisotopic (exact) mass is 663 g/mol. The zero-order valence-corrected chi connectivity index (χ0v) is 27.8. The smallest absolute Gasteiger partial charge is 0.264 e. The van der Waals surface area contributed by atoms with E-state index in [4.69, 9.17) is 21.1 Å². The molecule has 0 heterocycles. The van der Waals surface area contributed by atoms with E-state index in [9.17, 15) is 18.0 Å². The van der Waals surface area contributed by atoms with Gasteiger partial charge in [0.25, 0.3) is 10.0 Å². The standard InChI is InChI=1S/C35H38ClN3O6S/c1-25(2)37-35(41)31(21-26-13-7-5-8-14-26)38(23-27-15-11-12-18-30(27)36)34(40)24-39(46(42,43)29-16-9-6-10-17-29)28-19-20-32(44-3)33(22-28)45-4/h5-20,22,25,31H,21,23-24H2,1-4H3,(H,37,41). The number of carbonyl (C=O) groups is 2. The number of sulfonamides is 1. The summed E-state index contributed by atoms with van der Waals surface area (Å²) in [5.41, 5.74) is 1.62. The van der Waals surface area contributed by atoms with Crippen LogP contribution in [-0.2, 0) is 32.6 Å². The minimum atomic E-state index is -4.27. The molecule has 9 nitrogen and oxygen atoms in total. The third kappa shape index (κ3) is 8.38. The molecule has 0 bridgehead atoms. The Hall–Kier alpha value is -4.54. The summed E-state index contributed by atoms with van der Waals surface area (Å²) in [6.07, 6.45) is 0.192. The van der Waals surface area contributed by atoms with Gasteiger partial charge in [-0.15, -0.1) is 0 Å². The fourth-order valence-electron chi connectivity index (χ4n) is 4.97. The molecule has 4 aromatic rings. The molecule has 0 aromatic heterocycles. The second kappa shape index (κ2) is 15.6. The van der Waals surface area contributed by atoms with E-state index in [1.165, 1.54) is 37.3 Å². The summed E-state index contributed by atoms with van der Waals surface area (Å²) in [5, 5.41) is 3.35. The largest absolute Gasteiger partial charge is 0.493 e. The fraction of sp³-hybridized carbons (Fsp3) is 0.257. The molecule has 2 amide bonds. The minimum Gasteiger partial charge on any atom is -0.493 e. The van der Waals surface area contributed by atoms with Gasteiger partial charge >= 0.3 is 0 Å². The highest BCUT2D eigenvalue weighted by Crippen LogP contribution is 2.34. The number of benzene rings is 4. The molecule has 1 unspecified atom stereocenters. The van der Waals surface area contributed by atoms with Crippen LogP contribution in [0.4, 0.5) is 5.69 Å². The molecular weight excluding hydrogens is 626 g/mol. The van der Waals surface area contributed by atoms with Crippen LogP contribution >= 0.6 is 11.6 Å². The van der Waals surface area contributed by atoms with E-state index < -0.39 is 28.5 Å². The summed E-state index contributed by atoms with van der Waals surface area (Å²) >= 11 is 6.55. The SMILES string of the molecule is COc1ccc(N(CC(=O)N(Cc2ccccc2Cl)C(Cc2ccccc2)C(=O)NC(C)C)S(=O)(=O)c2ccccc2)cc1OC. The second-order valence-electron chi connectivity index (χ2n) is 10.8. The summed E-state index contributed by atoms with van der Waals surface area (Å²) in [6, 6.07) is 27.7. The summed E-state index contributed by atoms with van der Waals surface area (Å²) in [5.74, 6) is -0.299. The van der Waals surface area contributed by atoms with E-state index in [1.807, 2.05) is 44.2 Å². The summed E-state index contributed by atoms with van der Waals surface area (Å²) in [4.78, 5) is 29.8. The van der Waals surface area contributed by atoms with Gasteiger partial charge in [-0.25, -0.2) is 8.42 Å². The van der Waals surface area contributed by atoms with Gasteiger partial charge in [0.15, 0.2) is 11.5 Å². The van der Waals surface area contributed by atoms with Crippen LogP contribution in [0, 0.1) is 0 Å². The quantitative estimate of drug-likeness (QED) is 0.185. The maximum Gasteiger partial charge on any atom is 0.264 e. The molecule has 0 saturated carbocycles. The first-order chi connectivity index (χ1) is 22.0. The topological polar surface area (TPSA) is 105 Å². The zero-order valence-electron chi connectivity index (χ0n) is 26.2. The number of anilines is 1. The van der Waals surface area contributed by atoms with Crippen molar-refractivity contribution >= 4 is 39.1 Å². The van der Waals surface area contributed by atoms with Crippen molar-refractivity contribution in [1.82, 2.24) is 10.2 Å². The molecule has 242 valence electrons. The van der Waals surface area contributed by atoms with Crippen LogP contribution in [-0.4, -0.2) is 58.0 Å². The second-order valence-corrected chi connectivity index (χ2v) is 13.1. The van der Waals surface area contributed by atoms with Crippen molar-refractivity contribution < 1.29 is 27.5 Å². The van der Waals surface area contributed by atoms with Crippen molar-refractivity contribution in [2.75, 3.05) is 25.1 Å². The van der Waals surface area contributed by atoms with E-state index in [0.717, 1.165) is 9.87 Å². The van der Waals surface area contributed by atoms with Crippen LogP contribution in [0.1, 0.15) is 25.0 Å². The van der Waals surface area contributed by atoms with Crippen LogP contribution in [0.3, 0.4) is 0 Å². The lowest BCUT2D eigenvalue weighted by Gasteiger charge is -2.34. The average molecular weight is 664 g/mol. The molecule has 11 heteroatoms. The molecule has 1 atom stereocenters. The third-order valence-corrected chi connectivity index (χ3v) is 9.42. The molecule has 4 rings (SSSR count). The maximum atomic E-state index is 14.6. The van der Waals surface area contributed by atoms with Crippen LogP contribution in [0.5, 0.6) is 11.5 Å². The normalized spacial score (nSPS) is 11.9. The number of amides is 2. The Labute approximate surface area is 275 Å². The Kier molecular flexibility index (Phi) is 11.7. The third-order valence-electron chi connectivity index (χ3n) is 7.27. The highest BCUT2D eigenvalue weighted by Gasteiger charge is 2.35. The van der Waals surface area contributed by atoms with E-state index in [1.54, 1.807) is 54.6 Å². The Bertz CT molecular complexity index is 1740. The van der Waals surface area contributed by atoms with Gasteiger partial charge in [-0.2, -0.15) is 0 Å². The molecule has 0 aliphatic carbocycles. The van der Waals surface area contributed by atoms with Gasteiger partial charge in [-0.1, -0.05) is 78.3 Å². The van der Waals surface area contributed by atoms with Gasteiger partial charge in [-0.05, 0) is 55.3 Å². The number of nitrogens with one attached hydrogen (secondary N) is 1. The lowest BCUT2D eigenvalue weighted by atomic mass is 10.0. The zero-order chi connectivity index (χ0) is 33.3. The number of nitrogens with zero attached hydrogens (tertiary/aromatic N) is 2. The van der Waals surface area contributed by atoms with Gasteiger partial charge < -0.3 is 19.7 Å².